The van der Waals surface area contributed by atoms with Crippen molar-refractivity contribution in [1.29, 1.82) is 0 Å². The van der Waals surface area contributed by atoms with E-state index in [1.165, 1.54) is 9.95 Å². The van der Waals surface area contributed by atoms with Crippen LogP contribution in [0.25, 0.3) is 21.7 Å². The lowest BCUT2D eigenvalue weighted by Crippen LogP contribution is -2.29. The number of hydrogen-bond donors (Lipinski definition) is 1. The lowest BCUT2D eigenvalue weighted by Gasteiger charge is -2.18. The van der Waals surface area contributed by atoms with E-state index < -0.39 is 0 Å². The summed E-state index contributed by atoms with van der Waals surface area (Å²) in [5, 5.41) is 2.90. The van der Waals surface area contributed by atoms with Gasteiger partial charge in [0.2, 0.25) is 5.91 Å². The second-order valence-corrected chi connectivity index (χ2v) is 7.50. The molecule has 0 unspecified atom stereocenters. The number of nitrogens with zero attached hydrogens (tertiary/aromatic N) is 2. The molecular formula is C23H21N3O2S. The molecule has 5 nitrogen and oxygen atoms in total. The molecule has 0 aliphatic heterocycles. The van der Waals surface area contributed by atoms with Crippen molar-refractivity contribution in [3.63, 3.8) is 0 Å². The van der Waals surface area contributed by atoms with E-state index >= 15 is 0 Å². The summed E-state index contributed by atoms with van der Waals surface area (Å²) >= 11 is 5.32. The van der Waals surface area contributed by atoms with E-state index in [1.807, 2.05) is 36.4 Å². The second-order valence-electron chi connectivity index (χ2n) is 7.11. The SMILES string of the molecule is CN(Cc1ccc2ccccc2c1)C(=O)CCn1c(=S)[nH]c2ccccc2c1=O. The van der Waals surface area contributed by atoms with Crippen LogP contribution in [-0.4, -0.2) is 27.4 Å². The molecule has 0 fully saturated rings. The number of H-pyrrole nitrogens is 1. The first-order valence-corrected chi connectivity index (χ1v) is 9.87. The number of benzene rings is 3. The molecule has 0 radical (unpaired) electrons. The van der Waals surface area contributed by atoms with Crippen molar-refractivity contribution in [2.75, 3.05) is 7.05 Å². The van der Waals surface area contributed by atoms with Crippen molar-refractivity contribution in [3.05, 3.63) is 87.4 Å². The molecule has 29 heavy (non-hydrogen) atoms. The monoisotopic (exact) mass is 403 g/mol. The highest BCUT2D eigenvalue weighted by Gasteiger charge is 2.12. The van der Waals surface area contributed by atoms with Crippen molar-refractivity contribution < 1.29 is 4.79 Å². The summed E-state index contributed by atoms with van der Waals surface area (Å²) in [4.78, 5) is 30.1. The number of aromatic amines is 1. The van der Waals surface area contributed by atoms with Gasteiger partial charge in [0.1, 0.15) is 0 Å². The van der Waals surface area contributed by atoms with E-state index in [0.29, 0.717) is 22.2 Å². The summed E-state index contributed by atoms with van der Waals surface area (Å²) in [5.74, 6) is -0.0346. The average Bonchev–Trinajstić information content (AvgIpc) is 2.73. The average molecular weight is 404 g/mol. The fourth-order valence-corrected chi connectivity index (χ4v) is 3.78. The van der Waals surface area contributed by atoms with Crippen LogP contribution in [0.2, 0.25) is 0 Å². The molecule has 0 spiro atoms. The summed E-state index contributed by atoms with van der Waals surface area (Å²) in [6, 6.07) is 21.6. The number of para-hydroxylation sites is 1. The van der Waals surface area contributed by atoms with E-state index in [0.717, 1.165) is 10.9 Å². The highest BCUT2D eigenvalue weighted by molar-refractivity contribution is 7.71. The number of rotatable bonds is 5. The van der Waals surface area contributed by atoms with Gasteiger partial charge in [0, 0.05) is 26.6 Å². The van der Waals surface area contributed by atoms with Gasteiger partial charge in [-0.05, 0) is 46.8 Å². The van der Waals surface area contributed by atoms with Crippen LogP contribution >= 0.6 is 12.2 Å². The largest absolute Gasteiger partial charge is 0.341 e. The smallest absolute Gasteiger partial charge is 0.262 e. The molecule has 1 heterocycles. The Labute approximate surface area is 173 Å². The van der Waals surface area contributed by atoms with Gasteiger partial charge in [-0.25, -0.2) is 0 Å². The normalized spacial score (nSPS) is 11.1. The molecule has 146 valence electrons. The zero-order chi connectivity index (χ0) is 20.4. The van der Waals surface area contributed by atoms with E-state index in [9.17, 15) is 9.59 Å². The van der Waals surface area contributed by atoms with Gasteiger partial charge in [-0.2, -0.15) is 0 Å². The van der Waals surface area contributed by atoms with E-state index in [2.05, 4.69) is 29.2 Å². The highest BCUT2D eigenvalue weighted by atomic mass is 32.1. The summed E-state index contributed by atoms with van der Waals surface area (Å²) < 4.78 is 1.79. The Morgan fingerprint density at radius 3 is 2.59 bits per heavy atom. The van der Waals surface area contributed by atoms with Crippen molar-refractivity contribution >= 4 is 39.8 Å². The predicted octanol–water partition coefficient (Wildman–Crippen LogP) is 4.26. The van der Waals surface area contributed by atoms with Gasteiger partial charge in [0.25, 0.3) is 5.56 Å². The van der Waals surface area contributed by atoms with Crippen molar-refractivity contribution in [2.24, 2.45) is 0 Å². The molecule has 0 saturated heterocycles. The molecule has 0 bridgehead atoms. The van der Waals surface area contributed by atoms with Crippen molar-refractivity contribution in [2.45, 2.75) is 19.5 Å². The Morgan fingerprint density at radius 2 is 1.76 bits per heavy atom. The molecule has 1 N–H and O–H groups in total. The molecule has 1 aromatic heterocycles. The number of hydrogen-bond acceptors (Lipinski definition) is 3. The molecule has 4 aromatic rings. The maximum Gasteiger partial charge on any atom is 0.262 e. The molecule has 0 aliphatic carbocycles. The van der Waals surface area contributed by atoms with E-state index in [1.54, 1.807) is 18.0 Å². The second kappa shape index (κ2) is 8.01. The zero-order valence-corrected chi connectivity index (χ0v) is 16.9. The third-order valence-electron chi connectivity index (χ3n) is 5.10. The molecule has 1 amide bonds. The first-order chi connectivity index (χ1) is 14.0. The Hall–Kier alpha value is -3.25. The molecule has 3 aromatic carbocycles. The molecular weight excluding hydrogens is 382 g/mol. The maximum absolute atomic E-state index is 12.7. The third-order valence-corrected chi connectivity index (χ3v) is 5.42. The van der Waals surface area contributed by atoms with Gasteiger partial charge in [-0.3, -0.25) is 14.2 Å². The molecule has 4 rings (SSSR count). The number of amides is 1. The van der Waals surface area contributed by atoms with E-state index in [-0.39, 0.29) is 24.4 Å². The van der Waals surface area contributed by atoms with Crippen LogP contribution in [0.15, 0.2) is 71.5 Å². The summed E-state index contributed by atoms with van der Waals surface area (Å²) in [7, 11) is 1.78. The third kappa shape index (κ3) is 3.98. The van der Waals surface area contributed by atoms with Gasteiger partial charge in [-0.15, -0.1) is 0 Å². The van der Waals surface area contributed by atoms with Gasteiger partial charge < -0.3 is 9.88 Å². The van der Waals surface area contributed by atoms with Crippen molar-refractivity contribution in [1.82, 2.24) is 14.5 Å². The summed E-state index contributed by atoms with van der Waals surface area (Å²) in [6.07, 6.45) is 0.208. The fourth-order valence-electron chi connectivity index (χ4n) is 3.50. The minimum absolute atomic E-state index is 0.0346. The lowest BCUT2D eigenvalue weighted by atomic mass is 10.1. The van der Waals surface area contributed by atoms with Crippen LogP contribution in [0.1, 0.15) is 12.0 Å². The summed E-state index contributed by atoms with van der Waals surface area (Å²) in [5.41, 5.74) is 1.60. The molecule has 0 aliphatic rings. The lowest BCUT2D eigenvalue weighted by molar-refractivity contribution is -0.130. The van der Waals surface area contributed by atoms with Crippen LogP contribution in [0.3, 0.4) is 0 Å². The number of carbonyl (C=O) groups is 1. The Kier molecular flexibility index (Phi) is 5.27. The van der Waals surface area contributed by atoms with Gasteiger partial charge in [0.05, 0.1) is 10.9 Å². The topological polar surface area (TPSA) is 58.1 Å². The first-order valence-electron chi connectivity index (χ1n) is 9.46. The van der Waals surface area contributed by atoms with Crippen LogP contribution < -0.4 is 5.56 Å². The van der Waals surface area contributed by atoms with Gasteiger partial charge in [-0.1, -0.05) is 48.5 Å². The number of nitrogens with one attached hydrogen (secondary N) is 1. The van der Waals surface area contributed by atoms with Gasteiger partial charge in [0.15, 0.2) is 4.77 Å². The zero-order valence-electron chi connectivity index (χ0n) is 16.1. The molecule has 0 saturated carbocycles. The van der Waals surface area contributed by atoms with E-state index in [4.69, 9.17) is 12.2 Å². The van der Waals surface area contributed by atoms with Gasteiger partial charge >= 0.3 is 0 Å². The predicted molar refractivity (Wildman–Crippen MR) is 118 cm³/mol. The van der Waals surface area contributed by atoms with Crippen molar-refractivity contribution in [3.8, 4) is 0 Å². The quantitative estimate of drug-likeness (QED) is 0.507. The fraction of sp³-hybridized carbons (Fsp3) is 0.174. The summed E-state index contributed by atoms with van der Waals surface area (Å²) in [6.45, 7) is 0.767. The number of fused-ring (bicyclic) bond motifs is 2. The highest BCUT2D eigenvalue weighted by Crippen LogP contribution is 2.17. The molecule has 0 atom stereocenters. The van der Waals surface area contributed by atoms with Crippen LogP contribution in [0, 0.1) is 4.77 Å². The Bertz CT molecular complexity index is 1320. The minimum Gasteiger partial charge on any atom is -0.341 e. The minimum atomic E-state index is -0.172. The van der Waals surface area contributed by atoms with Crippen LogP contribution in [0.4, 0.5) is 0 Å². The first kappa shape index (κ1) is 19.1. The maximum atomic E-state index is 12.7. The number of carbonyl (C=O) groups excluding carboxylic acids is 1. The van der Waals surface area contributed by atoms with Crippen LogP contribution in [0.5, 0.6) is 0 Å². The molecule has 6 heteroatoms. The Morgan fingerprint density at radius 1 is 1.03 bits per heavy atom. The number of aromatic nitrogens is 2. The Balaban J connectivity index is 1.47. The van der Waals surface area contributed by atoms with Crippen LogP contribution in [-0.2, 0) is 17.9 Å². The standard InChI is InChI=1S/C23H21N3O2S/c1-25(15-16-10-11-17-6-2-3-7-18(17)14-16)21(27)12-13-26-22(28)19-8-4-5-9-20(19)24-23(26)29/h2-11,14H,12-13,15H2,1H3,(H,24,29).